The maximum absolute atomic E-state index is 10.7. The molecule has 94 valence electrons. The topological polar surface area (TPSA) is 94.5 Å². The number of pyridine rings is 1. The number of rotatable bonds is 6. The van der Waals surface area contributed by atoms with Crippen molar-refractivity contribution in [2.45, 2.75) is 6.42 Å². The molecule has 0 fully saturated rings. The smallest absolute Gasteiger partial charge is 0.276 e. The van der Waals surface area contributed by atoms with Gasteiger partial charge in [-0.05, 0) is 6.42 Å². The van der Waals surface area contributed by atoms with Crippen LogP contribution in [0.2, 0.25) is 0 Å². The Morgan fingerprint density at radius 2 is 2.29 bits per heavy atom. The molecule has 7 nitrogen and oxygen atoms in total. The summed E-state index contributed by atoms with van der Waals surface area (Å²) in [5, 5.41) is 10.7. The molecule has 17 heavy (non-hydrogen) atoms. The van der Waals surface area contributed by atoms with E-state index >= 15 is 0 Å². The highest BCUT2D eigenvalue weighted by Crippen LogP contribution is 2.20. The van der Waals surface area contributed by atoms with Gasteiger partial charge in [0.1, 0.15) is 11.6 Å². The first-order valence-electron chi connectivity index (χ1n) is 5.16. The number of ether oxygens (including phenoxy) is 1. The number of nitro groups is 1. The molecule has 7 heteroatoms. The Hall–Kier alpha value is -1.89. The lowest BCUT2D eigenvalue weighted by atomic mass is 10.3. The largest absolute Gasteiger partial charge is 0.385 e. The lowest BCUT2D eigenvalue weighted by Gasteiger charge is -2.17. The monoisotopic (exact) mass is 240 g/mol. The molecule has 0 saturated carbocycles. The lowest BCUT2D eigenvalue weighted by Crippen LogP contribution is -2.21. The van der Waals surface area contributed by atoms with Crippen molar-refractivity contribution in [3.8, 4) is 0 Å². The number of nitrogen functional groups attached to an aromatic ring is 1. The van der Waals surface area contributed by atoms with Gasteiger partial charge in [-0.1, -0.05) is 0 Å². The van der Waals surface area contributed by atoms with Crippen LogP contribution in [-0.2, 0) is 4.74 Å². The zero-order chi connectivity index (χ0) is 12.8. The minimum Gasteiger partial charge on any atom is -0.385 e. The minimum atomic E-state index is -0.482. The van der Waals surface area contributed by atoms with E-state index in [1.54, 1.807) is 14.2 Å². The second-order valence-corrected chi connectivity index (χ2v) is 3.63. The van der Waals surface area contributed by atoms with Gasteiger partial charge >= 0.3 is 0 Å². The maximum Gasteiger partial charge on any atom is 0.276 e. The molecule has 0 aliphatic carbocycles. The quantitative estimate of drug-likeness (QED) is 0.453. The van der Waals surface area contributed by atoms with E-state index in [1.807, 2.05) is 4.90 Å². The van der Waals surface area contributed by atoms with Crippen molar-refractivity contribution in [1.82, 2.24) is 4.98 Å². The summed E-state index contributed by atoms with van der Waals surface area (Å²) in [5.41, 5.74) is 5.47. The first kappa shape index (κ1) is 13.2. The summed E-state index contributed by atoms with van der Waals surface area (Å²) < 4.78 is 4.93. The Bertz CT molecular complexity index is 397. The summed E-state index contributed by atoms with van der Waals surface area (Å²) in [6.07, 6.45) is 0.817. The molecule has 0 saturated heterocycles. The van der Waals surface area contributed by atoms with Gasteiger partial charge in [0.15, 0.2) is 0 Å². The highest BCUT2D eigenvalue weighted by atomic mass is 16.6. The van der Waals surface area contributed by atoms with Crippen molar-refractivity contribution in [2.24, 2.45) is 0 Å². The van der Waals surface area contributed by atoms with Crippen LogP contribution >= 0.6 is 0 Å². The number of nitrogens with two attached hydrogens (primary N) is 1. The first-order valence-corrected chi connectivity index (χ1v) is 5.16. The second-order valence-electron chi connectivity index (χ2n) is 3.63. The average molecular weight is 240 g/mol. The highest BCUT2D eigenvalue weighted by molar-refractivity contribution is 5.53. The Morgan fingerprint density at radius 1 is 1.59 bits per heavy atom. The van der Waals surface area contributed by atoms with E-state index in [0.717, 1.165) is 6.42 Å². The van der Waals surface area contributed by atoms with Crippen molar-refractivity contribution in [1.29, 1.82) is 0 Å². The van der Waals surface area contributed by atoms with Crippen molar-refractivity contribution in [3.63, 3.8) is 0 Å². The van der Waals surface area contributed by atoms with E-state index < -0.39 is 4.92 Å². The molecule has 0 aliphatic rings. The molecule has 1 heterocycles. The Balaban J connectivity index is 2.78. The van der Waals surface area contributed by atoms with Gasteiger partial charge < -0.3 is 15.4 Å². The lowest BCUT2D eigenvalue weighted by molar-refractivity contribution is -0.384. The fourth-order valence-electron chi connectivity index (χ4n) is 1.38. The summed E-state index contributed by atoms with van der Waals surface area (Å²) in [6, 6.07) is 2.65. The predicted octanol–water partition coefficient (Wildman–Crippen LogP) is 1.04. The van der Waals surface area contributed by atoms with E-state index in [9.17, 15) is 10.1 Å². The van der Waals surface area contributed by atoms with Crippen LogP contribution in [0.25, 0.3) is 0 Å². The number of hydrogen-bond donors (Lipinski definition) is 1. The molecular formula is C10H16N4O3. The summed E-state index contributed by atoms with van der Waals surface area (Å²) in [6.45, 7) is 1.33. The number of anilines is 2. The Morgan fingerprint density at radius 3 is 2.88 bits per heavy atom. The fourth-order valence-corrected chi connectivity index (χ4v) is 1.38. The number of hydrogen-bond acceptors (Lipinski definition) is 6. The van der Waals surface area contributed by atoms with Crippen LogP contribution in [0.3, 0.4) is 0 Å². The van der Waals surface area contributed by atoms with Gasteiger partial charge in [0, 0.05) is 27.3 Å². The van der Waals surface area contributed by atoms with Gasteiger partial charge in [-0.2, -0.15) is 0 Å². The average Bonchev–Trinajstić information content (AvgIpc) is 2.28. The van der Waals surface area contributed by atoms with Gasteiger partial charge in [-0.15, -0.1) is 0 Å². The van der Waals surface area contributed by atoms with Gasteiger partial charge in [-0.25, -0.2) is 4.98 Å². The van der Waals surface area contributed by atoms with Crippen LogP contribution in [-0.4, -0.2) is 37.2 Å². The van der Waals surface area contributed by atoms with Crippen molar-refractivity contribution >= 4 is 17.3 Å². The minimum absolute atomic E-state index is 0.0499. The Labute approximate surface area is 99.3 Å². The van der Waals surface area contributed by atoms with Gasteiger partial charge in [0.25, 0.3) is 5.69 Å². The molecular weight excluding hydrogens is 224 g/mol. The molecule has 0 spiro atoms. The number of methoxy groups -OCH3 is 1. The summed E-state index contributed by atoms with van der Waals surface area (Å²) in [4.78, 5) is 16.1. The van der Waals surface area contributed by atoms with E-state index in [2.05, 4.69) is 4.98 Å². The van der Waals surface area contributed by atoms with E-state index in [1.165, 1.54) is 12.1 Å². The molecule has 1 aromatic heterocycles. The third kappa shape index (κ3) is 3.87. The summed E-state index contributed by atoms with van der Waals surface area (Å²) >= 11 is 0. The van der Waals surface area contributed by atoms with Gasteiger partial charge in [-0.3, -0.25) is 10.1 Å². The molecule has 0 atom stereocenters. The Kier molecular flexibility index (Phi) is 4.65. The van der Waals surface area contributed by atoms with Crippen LogP contribution in [0, 0.1) is 10.1 Å². The van der Waals surface area contributed by atoms with E-state index in [0.29, 0.717) is 19.0 Å². The van der Waals surface area contributed by atoms with Crippen LogP contribution in [0.1, 0.15) is 6.42 Å². The molecule has 1 aromatic rings. The van der Waals surface area contributed by atoms with Gasteiger partial charge in [0.2, 0.25) is 0 Å². The second kappa shape index (κ2) is 6.00. The van der Waals surface area contributed by atoms with E-state index in [-0.39, 0.29) is 11.5 Å². The molecule has 0 aromatic carbocycles. The zero-order valence-corrected chi connectivity index (χ0v) is 9.92. The molecule has 0 unspecified atom stereocenters. The summed E-state index contributed by atoms with van der Waals surface area (Å²) in [7, 11) is 3.44. The molecule has 0 amide bonds. The van der Waals surface area contributed by atoms with Crippen LogP contribution < -0.4 is 10.6 Å². The molecule has 0 bridgehead atoms. The summed E-state index contributed by atoms with van der Waals surface area (Å²) in [5.74, 6) is 0.639. The van der Waals surface area contributed by atoms with Crippen LogP contribution in [0.5, 0.6) is 0 Å². The number of nitrogens with zero attached hydrogens (tertiary/aromatic N) is 3. The number of aromatic nitrogens is 1. The molecule has 0 radical (unpaired) electrons. The normalized spacial score (nSPS) is 10.2. The van der Waals surface area contributed by atoms with Crippen LogP contribution in [0.4, 0.5) is 17.3 Å². The highest BCUT2D eigenvalue weighted by Gasteiger charge is 2.12. The third-order valence-corrected chi connectivity index (χ3v) is 2.26. The molecule has 2 N–H and O–H groups in total. The molecule has 1 rings (SSSR count). The standard InChI is InChI=1S/C10H16N4O3/c1-13(4-3-5-17-2)10-7-8(14(15)16)6-9(11)12-10/h6-7H,3-5H2,1-2H3,(H2,11,12). The SMILES string of the molecule is COCCCN(C)c1cc([N+](=O)[O-])cc(N)n1. The third-order valence-electron chi connectivity index (χ3n) is 2.26. The predicted molar refractivity (Wildman–Crippen MR) is 65.1 cm³/mol. The van der Waals surface area contributed by atoms with Crippen LogP contribution in [0.15, 0.2) is 12.1 Å². The van der Waals surface area contributed by atoms with Crippen molar-refractivity contribution in [3.05, 3.63) is 22.2 Å². The zero-order valence-electron chi connectivity index (χ0n) is 9.92. The van der Waals surface area contributed by atoms with Crippen molar-refractivity contribution in [2.75, 3.05) is 37.9 Å². The van der Waals surface area contributed by atoms with Gasteiger partial charge in [0.05, 0.1) is 17.1 Å². The maximum atomic E-state index is 10.7. The van der Waals surface area contributed by atoms with Crippen molar-refractivity contribution < 1.29 is 9.66 Å². The first-order chi connectivity index (χ1) is 8.04. The van der Waals surface area contributed by atoms with E-state index in [4.69, 9.17) is 10.5 Å². The molecule has 0 aliphatic heterocycles. The fraction of sp³-hybridized carbons (Fsp3) is 0.500.